The van der Waals surface area contributed by atoms with E-state index < -0.39 is 0 Å². The molecule has 2 aliphatic rings. The fourth-order valence-electron chi connectivity index (χ4n) is 4.89. The zero-order valence-electron chi connectivity index (χ0n) is 15.7. The molecule has 1 aromatic rings. The highest BCUT2D eigenvalue weighted by atomic mass is 16.5. The average Bonchev–Trinajstić information content (AvgIpc) is 2.89. The van der Waals surface area contributed by atoms with Gasteiger partial charge in [-0.05, 0) is 49.0 Å². The Hall–Kier alpha value is -1.64. The largest absolute Gasteiger partial charge is 0.461 e. The van der Waals surface area contributed by atoms with Crippen molar-refractivity contribution in [1.82, 2.24) is 0 Å². The van der Waals surface area contributed by atoms with Crippen LogP contribution in [0.5, 0.6) is 0 Å². The number of hydrogen-bond donors (Lipinski definition) is 0. The van der Waals surface area contributed by atoms with E-state index in [-0.39, 0.29) is 35.1 Å². The Morgan fingerprint density at radius 3 is 2.48 bits per heavy atom. The van der Waals surface area contributed by atoms with Crippen molar-refractivity contribution in [2.24, 2.45) is 16.7 Å². The van der Waals surface area contributed by atoms with Crippen LogP contribution in [0.15, 0.2) is 30.3 Å². The number of aryl methyl sites for hydroxylation is 1. The smallest absolute Gasteiger partial charge is 0.313 e. The van der Waals surface area contributed by atoms with Crippen molar-refractivity contribution in [3.05, 3.63) is 35.9 Å². The number of fused-ring (bicyclic) bond motifs is 2. The Kier molecular flexibility index (Phi) is 5.04. The van der Waals surface area contributed by atoms with E-state index in [9.17, 15) is 9.59 Å². The van der Waals surface area contributed by atoms with Crippen LogP contribution >= 0.6 is 0 Å². The van der Waals surface area contributed by atoms with Gasteiger partial charge in [-0.3, -0.25) is 9.59 Å². The maximum Gasteiger partial charge on any atom is 0.313 e. The standard InChI is InChI=1S/C22H30O3/c1-21(2)17-12-13-22(21,3)19(14-17)25-20(24)15-18(23)11-7-10-16-8-5-4-6-9-16/h4-6,8-9,17,19H,7,10-15H2,1-3H3/t17-,19+,22+/m0/s1. The zero-order chi connectivity index (χ0) is 18.1. The molecule has 3 rings (SSSR count). The van der Waals surface area contributed by atoms with Crippen molar-refractivity contribution in [2.45, 2.75) is 71.8 Å². The number of benzene rings is 1. The summed E-state index contributed by atoms with van der Waals surface area (Å²) < 4.78 is 5.76. The van der Waals surface area contributed by atoms with Gasteiger partial charge in [0.25, 0.3) is 0 Å². The Morgan fingerprint density at radius 2 is 1.88 bits per heavy atom. The topological polar surface area (TPSA) is 43.4 Å². The number of carbonyl (C=O) groups is 2. The summed E-state index contributed by atoms with van der Waals surface area (Å²) in [7, 11) is 0. The highest BCUT2D eigenvalue weighted by molar-refractivity contribution is 5.95. The molecular weight excluding hydrogens is 312 g/mol. The molecule has 25 heavy (non-hydrogen) atoms. The highest BCUT2D eigenvalue weighted by Crippen LogP contribution is 2.66. The van der Waals surface area contributed by atoms with Crippen molar-refractivity contribution in [2.75, 3.05) is 0 Å². The van der Waals surface area contributed by atoms with E-state index in [1.54, 1.807) is 0 Å². The van der Waals surface area contributed by atoms with E-state index >= 15 is 0 Å². The van der Waals surface area contributed by atoms with Crippen molar-refractivity contribution in [1.29, 1.82) is 0 Å². The summed E-state index contributed by atoms with van der Waals surface area (Å²) in [5.74, 6) is 0.296. The summed E-state index contributed by atoms with van der Waals surface area (Å²) in [5.41, 5.74) is 1.51. The van der Waals surface area contributed by atoms with Gasteiger partial charge in [0.2, 0.25) is 0 Å². The number of ether oxygens (including phenoxy) is 1. The lowest BCUT2D eigenvalue weighted by Crippen LogP contribution is -2.38. The second-order valence-corrected chi connectivity index (χ2v) is 8.64. The lowest BCUT2D eigenvalue weighted by Gasteiger charge is -2.38. The summed E-state index contributed by atoms with van der Waals surface area (Å²) in [6.07, 6.45) is 5.31. The molecule has 0 aromatic heterocycles. The summed E-state index contributed by atoms with van der Waals surface area (Å²) in [6, 6.07) is 10.1. The van der Waals surface area contributed by atoms with E-state index in [1.165, 1.54) is 12.0 Å². The molecule has 2 aliphatic carbocycles. The molecule has 0 saturated heterocycles. The average molecular weight is 342 g/mol. The van der Waals surface area contributed by atoms with Crippen LogP contribution in [-0.2, 0) is 20.7 Å². The van der Waals surface area contributed by atoms with Gasteiger partial charge in [0.15, 0.2) is 0 Å². The van der Waals surface area contributed by atoms with E-state index in [1.807, 2.05) is 18.2 Å². The minimum atomic E-state index is -0.334. The second-order valence-electron chi connectivity index (χ2n) is 8.64. The Labute approximate surface area is 151 Å². The van der Waals surface area contributed by atoms with Crippen LogP contribution in [0.3, 0.4) is 0 Å². The fraction of sp³-hybridized carbons (Fsp3) is 0.636. The molecule has 0 aliphatic heterocycles. The van der Waals surface area contributed by atoms with Gasteiger partial charge < -0.3 is 4.74 Å². The van der Waals surface area contributed by atoms with E-state index in [4.69, 9.17) is 4.74 Å². The fourth-order valence-corrected chi connectivity index (χ4v) is 4.89. The lowest BCUT2D eigenvalue weighted by molar-refractivity contribution is -0.158. The molecule has 2 saturated carbocycles. The van der Waals surface area contributed by atoms with Crippen LogP contribution < -0.4 is 0 Å². The van der Waals surface area contributed by atoms with Crippen LogP contribution in [0.25, 0.3) is 0 Å². The molecule has 0 unspecified atom stereocenters. The van der Waals surface area contributed by atoms with E-state index in [0.717, 1.165) is 25.7 Å². The first-order valence-corrected chi connectivity index (χ1v) is 9.58. The van der Waals surface area contributed by atoms with Gasteiger partial charge in [0.05, 0.1) is 0 Å². The molecule has 2 fully saturated rings. The van der Waals surface area contributed by atoms with Crippen LogP contribution in [0.4, 0.5) is 0 Å². The van der Waals surface area contributed by atoms with Gasteiger partial charge in [-0.2, -0.15) is 0 Å². The number of hydrogen-bond acceptors (Lipinski definition) is 3. The van der Waals surface area contributed by atoms with Crippen molar-refractivity contribution in [3.8, 4) is 0 Å². The molecule has 136 valence electrons. The van der Waals surface area contributed by atoms with Crippen LogP contribution in [-0.4, -0.2) is 17.9 Å². The number of Topliss-reactive ketones (excluding diaryl/α,β-unsaturated/α-hetero) is 1. The summed E-state index contributed by atoms with van der Waals surface area (Å²) in [4.78, 5) is 24.3. The van der Waals surface area contributed by atoms with Gasteiger partial charge >= 0.3 is 5.97 Å². The predicted octanol–water partition coefficient (Wildman–Crippen LogP) is 4.73. The van der Waals surface area contributed by atoms with Crippen molar-refractivity contribution >= 4 is 11.8 Å². The molecule has 3 heteroatoms. The van der Waals surface area contributed by atoms with Gasteiger partial charge in [0, 0.05) is 11.8 Å². The quantitative estimate of drug-likeness (QED) is 0.531. The third-order valence-electron chi connectivity index (χ3n) is 7.09. The van der Waals surface area contributed by atoms with Crippen molar-refractivity contribution in [3.63, 3.8) is 0 Å². The molecule has 0 radical (unpaired) electrons. The minimum absolute atomic E-state index is 0.00602. The molecule has 3 nitrogen and oxygen atoms in total. The number of ketones is 1. The molecule has 1 aromatic carbocycles. The first kappa shape index (κ1) is 18.2. The monoisotopic (exact) mass is 342 g/mol. The molecular formula is C22H30O3. The Bertz CT molecular complexity index is 634. The third kappa shape index (κ3) is 3.51. The SMILES string of the molecule is CC1(C)[C@H]2CC[C@]1(C)[C@H](OC(=O)CC(=O)CCCc1ccccc1)C2. The number of esters is 1. The summed E-state index contributed by atoms with van der Waals surface area (Å²) in [6.45, 7) is 6.85. The zero-order valence-corrected chi connectivity index (χ0v) is 15.7. The van der Waals surface area contributed by atoms with Gasteiger partial charge in [-0.25, -0.2) is 0 Å². The van der Waals surface area contributed by atoms with E-state index in [2.05, 4.69) is 32.9 Å². The number of rotatable bonds is 7. The maximum atomic E-state index is 12.2. The number of carbonyl (C=O) groups excluding carboxylic acids is 2. The summed E-state index contributed by atoms with van der Waals surface area (Å²) in [5, 5.41) is 0. The molecule has 0 heterocycles. The van der Waals surface area contributed by atoms with Crippen LogP contribution in [0, 0.1) is 16.7 Å². The molecule has 0 N–H and O–H groups in total. The van der Waals surface area contributed by atoms with Gasteiger partial charge in [0.1, 0.15) is 18.3 Å². The Morgan fingerprint density at radius 1 is 1.16 bits per heavy atom. The molecule has 0 spiro atoms. The third-order valence-corrected chi connectivity index (χ3v) is 7.09. The minimum Gasteiger partial charge on any atom is -0.461 e. The first-order chi connectivity index (χ1) is 11.8. The first-order valence-electron chi connectivity index (χ1n) is 9.58. The Balaban J connectivity index is 1.43. The molecule has 0 amide bonds. The maximum absolute atomic E-state index is 12.2. The van der Waals surface area contributed by atoms with Gasteiger partial charge in [-0.1, -0.05) is 51.1 Å². The summed E-state index contributed by atoms with van der Waals surface area (Å²) >= 11 is 0. The predicted molar refractivity (Wildman–Crippen MR) is 98.1 cm³/mol. The van der Waals surface area contributed by atoms with Crippen LogP contribution in [0.2, 0.25) is 0 Å². The molecule has 3 atom stereocenters. The lowest BCUT2D eigenvalue weighted by atomic mass is 9.70. The van der Waals surface area contributed by atoms with E-state index in [0.29, 0.717) is 12.3 Å². The second kappa shape index (κ2) is 6.93. The normalized spacial score (nSPS) is 29.6. The highest BCUT2D eigenvalue weighted by Gasteiger charge is 2.62. The van der Waals surface area contributed by atoms with Crippen molar-refractivity contribution < 1.29 is 14.3 Å². The van der Waals surface area contributed by atoms with Gasteiger partial charge in [-0.15, -0.1) is 0 Å². The van der Waals surface area contributed by atoms with Crippen LogP contribution in [0.1, 0.15) is 64.9 Å². The molecule has 2 bridgehead atoms.